The average Bonchev–Trinajstić information content (AvgIpc) is 3.13. The molecular formula is C24H31N3O4S. The lowest BCUT2D eigenvalue weighted by atomic mass is 9.91. The van der Waals surface area contributed by atoms with Crippen LogP contribution in [0.2, 0.25) is 0 Å². The van der Waals surface area contributed by atoms with Crippen LogP contribution in [0, 0.1) is 13.8 Å². The molecule has 2 aromatic rings. The van der Waals surface area contributed by atoms with Gasteiger partial charge in [-0.3, -0.25) is 9.59 Å². The van der Waals surface area contributed by atoms with Gasteiger partial charge in [0.05, 0.1) is 30.4 Å². The zero-order valence-electron chi connectivity index (χ0n) is 19.1. The third-order valence-electron chi connectivity index (χ3n) is 6.24. The van der Waals surface area contributed by atoms with Crippen molar-refractivity contribution in [1.29, 1.82) is 0 Å². The summed E-state index contributed by atoms with van der Waals surface area (Å²) in [6, 6.07) is 8.09. The van der Waals surface area contributed by atoms with E-state index in [-0.39, 0.29) is 18.4 Å². The van der Waals surface area contributed by atoms with Crippen molar-refractivity contribution in [2.45, 2.75) is 45.1 Å². The molecular weight excluding hydrogens is 426 g/mol. The van der Waals surface area contributed by atoms with Gasteiger partial charge in [-0.15, -0.1) is 11.3 Å². The fourth-order valence-corrected chi connectivity index (χ4v) is 5.43. The first-order valence-electron chi connectivity index (χ1n) is 11.2. The molecule has 0 radical (unpaired) electrons. The fraction of sp³-hybridized carbons (Fsp3) is 0.542. The smallest absolute Gasteiger partial charge is 0.266 e. The van der Waals surface area contributed by atoms with Gasteiger partial charge in [-0.25, -0.2) is 4.98 Å². The van der Waals surface area contributed by atoms with Gasteiger partial charge in [0.25, 0.3) is 11.8 Å². The summed E-state index contributed by atoms with van der Waals surface area (Å²) in [7, 11) is 1.78. The molecule has 1 spiro atoms. The van der Waals surface area contributed by atoms with Crippen molar-refractivity contribution in [3.05, 3.63) is 45.4 Å². The van der Waals surface area contributed by atoms with Crippen molar-refractivity contribution in [2.75, 3.05) is 39.9 Å². The van der Waals surface area contributed by atoms with E-state index < -0.39 is 5.60 Å². The number of carbonyl (C=O) groups excluding carboxylic acids is 2. The Morgan fingerprint density at radius 1 is 1.16 bits per heavy atom. The van der Waals surface area contributed by atoms with Crippen LogP contribution in [0.4, 0.5) is 0 Å². The normalized spacial score (nSPS) is 22.7. The third kappa shape index (κ3) is 4.66. The van der Waals surface area contributed by atoms with Gasteiger partial charge in [0.15, 0.2) is 5.60 Å². The van der Waals surface area contributed by atoms with Gasteiger partial charge < -0.3 is 19.3 Å². The van der Waals surface area contributed by atoms with Gasteiger partial charge in [-0.1, -0.05) is 18.2 Å². The minimum absolute atomic E-state index is 0.0606. The molecule has 1 atom stereocenters. The summed E-state index contributed by atoms with van der Waals surface area (Å²) in [5, 5.41) is 0.871. The standard InChI is InChI=1S/C24H31N3O4S/c1-17-21(32-18(2)25-17)22(28)27-13-15-31-24(16-27)11-7-6-9-19-8-4-5-10-20(19)30-14-12-26(3)23(24)29/h4-5,8,10H,6-7,9,11-16H2,1-3H3. The number of carbonyl (C=O) groups is 2. The molecule has 2 aliphatic rings. The lowest BCUT2D eigenvalue weighted by Crippen LogP contribution is -2.61. The molecule has 1 unspecified atom stereocenters. The second-order valence-corrected chi connectivity index (χ2v) is 9.81. The number of fused-ring (bicyclic) bond motifs is 1. The Labute approximate surface area is 193 Å². The second-order valence-electron chi connectivity index (χ2n) is 8.61. The molecule has 0 aliphatic carbocycles. The average molecular weight is 458 g/mol. The van der Waals surface area contributed by atoms with Gasteiger partial charge in [-0.05, 0) is 51.2 Å². The maximum absolute atomic E-state index is 13.6. The van der Waals surface area contributed by atoms with E-state index in [0.29, 0.717) is 37.6 Å². The highest BCUT2D eigenvalue weighted by molar-refractivity contribution is 7.13. The summed E-state index contributed by atoms with van der Waals surface area (Å²) in [6.07, 6.45) is 3.22. The molecule has 1 fully saturated rings. The summed E-state index contributed by atoms with van der Waals surface area (Å²) in [6.45, 7) is 5.73. The van der Waals surface area contributed by atoms with E-state index in [0.717, 1.165) is 35.7 Å². The summed E-state index contributed by atoms with van der Waals surface area (Å²) in [4.78, 5) is 35.3. The van der Waals surface area contributed by atoms with Crippen LogP contribution in [0.25, 0.3) is 0 Å². The Morgan fingerprint density at radius 3 is 2.75 bits per heavy atom. The van der Waals surface area contributed by atoms with E-state index in [1.807, 2.05) is 32.0 Å². The SMILES string of the molecule is Cc1nc(C)c(C(=O)N2CCOC3(CCCCc4ccccc4OCCN(C)C3=O)C2)s1. The number of hydrogen-bond donors (Lipinski definition) is 0. The van der Waals surface area contributed by atoms with Crippen molar-refractivity contribution in [3.63, 3.8) is 0 Å². The summed E-state index contributed by atoms with van der Waals surface area (Å²) < 4.78 is 12.2. The molecule has 0 bridgehead atoms. The molecule has 7 nitrogen and oxygen atoms in total. The molecule has 1 aromatic carbocycles. The minimum Gasteiger partial charge on any atom is -0.491 e. The van der Waals surface area contributed by atoms with Crippen molar-refractivity contribution in [3.8, 4) is 5.75 Å². The zero-order valence-corrected chi connectivity index (χ0v) is 19.9. The van der Waals surface area contributed by atoms with Gasteiger partial charge in [0, 0.05) is 13.6 Å². The first kappa shape index (κ1) is 22.7. The Bertz CT molecular complexity index is 991. The van der Waals surface area contributed by atoms with Crippen molar-refractivity contribution >= 4 is 23.2 Å². The highest BCUT2D eigenvalue weighted by Gasteiger charge is 2.46. The first-order valence-corrected chi connectivity index (χ1v) is 12.0. The number of hydrogen-bond acceptors (Lipinski definition) is 6. The number of morpholine rings is 1. The number of thiazole rings is 1. The quantitative estimate of drug-likeness (QED) is 0.658. The Kier molecular flexibility index (Phi) is 6.81. The van der Waals surface area contributed by atoms with Crippen molar-refractivity contribution in [1.82, 2.24) is 14.8 Å². The number of nitrogens with zero attached hydrogens (tertiary/aromatic N) is 3. The minimum atomic E-state index is -1.02. The van der Waals surface area contributed by atoms with E-state index in [4.69, 9.17) is 9.47 Å². The van der Waals surface area contributed by atoms with Crippen LogP contribution in [-0.2, 0) is 16.0 Å². The van der Waals surface area contributed by atoms with Gasteiger partial charge >= 0.3 is 0 Å². The second kappa shape index (κ2) is 9.58. The Morgan fingerprint density at radius 2 is 1.97 bits per heavy atom. The van der Waals surface area contributed by atoms with Crippen LogP contribution in [0.5, 0.6) is 5.75 Å². The van der Waals surface area contributed by atoms with Crippen LogP contribution in [0.15, 0.2) is 24.3 Å². The van der Waals surface area contributed by atoms with Crippen LogP contribution in [0.3, 0.4) is 0 Å². The summed E-state index contributed by atoms with van der Waals surface area (Å²) >= 11 is 1.41. The molecule has 1 saturated heterocycles. The lowest BCUT2D eigenvalue weighted by molar-refractivity contribution is -0.169. The predicted molar refractivity (Wildman–Crippen MR) is 123 cm³/mol. The number of aryl methyl sites for hydroxylation is 3. The predicted octanol–water partition coefficient (Wildman–Crippen LogP) is 3.23. The largest absolute Gasteiger partial charge is 0.491 e. The first-order chi connectivity index (χ1) is 15.4. The molecule has 8 heteroatoms. The van der Waals surface area contributed by atoms with E-state index in [1.165, 1.54) is 16.9 Å². The Balaban J connectivity index is 1.55. The maximum atomic E-state index is 13.6. The van der Waals surface area contributed by atoms with E-state index in [1.54, 1.807) is 16.8 Å². The lowest BCUT2D eigenvalue weighted by Gasteiger charge is -2.43. The van der Waals surface area contributed by atoms with Crippen LogP contribution < -0.4 is 4.74 Å². The van der Waals surface area contributed by atoms with Gasteiger partial charge in [0.2, 0.25) is 0 Å². The molecule has 0 saturated carbocycles. The van der Waals surface area contributed by atoms with Crippen LogP contribution in [0.1, 0.15) is 45.2 Å². The van der Waals surface area contributed by atoms with Crippen LogP contribution in [-0.4, -0.2) is 72.1 Å². The molecule has 4 rings (SSSR count). The third-order valence-corrected chi connectivity index (χ3v) is 7.30. The van der Waals surface area contributed by atoms with Gasteiger partial charge in [0.1, 0.15) is 17.2 Å². The topological polar surface area (TPSA) is 72.0 Å². The van der Waals surface area contributed by atoms with Crippen molar-refractivity contribution < 1.29 is 19.1 Å². The highest BCUT2D eigenvalue weighted by Crippen LogP contribution is 2.30. The van der Waals surface area contributed by atoms with Crippen molar-refractivity contribution in [2.24, 2.45) is 0 Å². The molecule has 0 N–H and O–H groups in total. The summed E-state index contributed by atoms with van der Waals surface area (Å²) in [5.74, 6) is 0.754. The number of para-hydroxylation sites is 1. The van der Waals surface area contributed by atoms with E-state index in [9.17, 15) is 9.59 Å². The molecule has 3 heterocycles. The monoisotopic (exact) mass is 457 g/mol. The Hall–Kier alpha value is -2.45. The molecule has 2 amide bonds. The fourth-order valence-electron chi connectivity index (χ4n) is 4.54. The number of likely N-dealkylation sites (N-methyl/N-ethyl adjacent to an activating group) is 1. The molecule has 172 valence electrons. The number of benzene rings is 1. The van der Waals surface area contributed by atoms with E-state index >= 15 is 0 Å². The zero-order chi connectivity index (χ0) is 22.7. The van der Waals surface area contributed by atoms with E-state index in [2.05, 4.69) is 11.1 Å². The maximum Gasteiger partial charge on any atom is 0.266 e. The molecule has 1 aromatic heterocycles. The number of aromatic nitrogens is 1. The summed E-state index contributed by atoms with van der Waals surface area (Å²) in [5.41, 5.74) is 0.916. The van der Waals surface area contributed by atoms with Gasteiger partial charge in [-0.2, -0.15) is 0 Å². The number of ether oxygens (including phenoxy) is 2. The molecule has 32 heavy (non-hydrogen) atoms. The van der Waals surface area contributed by atoms with Crippen LogP contribution >= 0.6 is 11.3 Å². The number of amides is 2. The highest BCUT2D eigenvalue weighted by atomic mass is 32.1. The number of rotatable bonds is 1. The molecule has 2 aliphatic heterocycles.